The lowest BCUT2D eigenvalue weighted by Crippen LogP contribution is -2.31. The Kier molecular flexibility index (Phi) is 4.65. The van der Waals surface area contributed by atoms with Gasteiger partial charge in [-0.2, -0.15) is 0 Å². The molecule has 3 aromatic rings. The highest BCUT2D eigenvalue weighted by Crippen LogP contribution is 2.33. The van der Waals surface area contributed by atoms with Crippen LogP contribution in [0.2, 0.25) is 0 Å². The van der Waals surface area contributed by atoms with Crippen LogP contribution in [0.5, 0.6) is 5.75 Å². The van der Waals surface area contributed by atoms with E-state index in [0.29, 0.717) is 11.3 Å². The van der Waals surface area contributed by atoms with Gasteiger partial charge in [-0.15, -0.1) is 11.3 Å². The highest BCUT2D eigenvalue weighted by atomic mass is 32.1. The number of benzene rings is 1. The smallest absolute Gasteiger partial charge is 0.261 e. The Morgan fingerprint density at radius 2 is 2.15 bits per heavy atom. The van der Waals surface area contributed by atoms with Gasteiger partial charge in [0.25, 0.3) is 5.56 Å². The van der Waals surface area contributed by atoms with Crippen molar-refractivity contribution in [1.29, 1.82) is 0 Å². The number of aromatic amines is 1. The summed E-state index contributed by atoms with van der Waals surface area (Å²) in [6.07, 6.45) is 1.04. The van der Waals surface area contributed by atoms with E-state index in [1.807, 2.05) is 30.5 Å². The van der Waals surface area contributed by atoms with Gasteiger partial charge in [-0.25, -0.2) is 4.98 Å². The summed E-state index contributed by atoms with van der Waals surface area (Å²) >= 11 is 1.52. The van der Waals surface area contributed by atoms with Gasteiger partial charge in [0.2, 0.25) is 5.95 Å². The highest BCUT2D eigenvalue weighted by molar-refractivity contribution is 7.17. The average Bonchev–Trinajstić information content (AvgIpc) is 2.88. The van der Waals surface area contributed by atoms with Crippen LogP contribution >= 0.6 is 11.3 Å². The molecule has 2 N–H and O–H groups in total. The van der Waals surface area contributed by atoms with Crippen LogP contribution in [0.4, 0.5) is 5.95 Å². The molecule has 0 spiro atoms. The lowest BCUT2D eigenvalue weighted by Gasteiger charge is -2.20. The Morgan fingerprint density at radius 3 is 2.96 bits per heavy atom. The summed E-state index contributed by atoms with van der Waals surface area (Å²) in [5.41, 5.74) is 2.90. The average molecular weight is 370 g/mol. The van der Waals surface area contributed by atoms with Crippen LogP contribution in [0.3, 0.4) is 0 Å². The first-order valence-corrected chi connectivity index (χ1v) is 9.67. The maximum atomic E-state index is 12.8. The molecule has 2 aromatic heterocycles. The van der Waals surface area contributed by atoms with Crippen LogP contribution in [0, 0.1) is 6.92 Å². The Labute approximate surface area is 155 Å². The number of H-pyrrole nitrogens is 1. The van der Waals surface area contributed by atoms with Crippen molar-refractivity contribution in [3.63, 3.8) is 0 Å². The summed E-state index contributed by atoms with van der Waals surface area (Å²) in [4.78, 5) is 23.5. The number of methoxy groups -OCH3 is 1. The zero-order valence-corrected chi connectivity index (χ0v) is 15.8. The molecule has 1 aromatic carbocycles. The first-order valence-electron chi connectivity index (χ1n) is 8.79. The molecule has 0 aliphatic carbocycles. The second kappa shape index (κ2) is 7.09. The maximum absolute atomic E-state index is 12.8. The van der Waals surface area contributed by atoms with Crippen molar-refractivity contribution in [1.82, 2.24) is 15.3 Å². The number of hydrogen-bond donors (Lipinski definition) is 2. The van der Waals surface area contributed by atoms with Crippen LogP contribution in [0.1, 0.15) is 12.0 Å². The van der Waals surface area contributed by atoms with Crippen molar-refractivity contribution >= 4 is 27.5 Å². The van der Waals surface area contributed by atoms with Gasteiger partial charge in [-0.1, -0.05) is 6.07 Å². The number of aryl methyl sites for hydroxylation is 1. The number of hydrogen-bond acceptors (Lipinski definition) is 6. The van der Waals surface area contributed by atoms with Gasteiger partial charge >= 0.3 is 0 Å². The quantitative estimate of drug-likeness (QED) is 0.742. The van der Waals surface area contributed by atoms with E-state index in [1.54, 1.807) is 7.11 Å². The van der Waals surface area contributed by atoms with Crippen molar-refractivity contribution in [3.05, 3.63) is 39.5 Å². The Balaban J connectivity index is 1.77. The summed E-state index contributed by atoms with van der Waals surface area (Å²) in [7, 11) is 1.66. The number of rotatable bonds is 3. The van der Waals surface area contributed by atoms with E-state index >= 15 is 0 Å². The second-order valence-electron chi connectivity index (χ2n) is 6.49. The van der Waals surface area contributed by atoms with Crippen molar-refractivity contribution < 1.29 is 4.74 Å². The molecule has 136 valence electrons. The molecule has 0 unspecified atom stereocenters. The fourth-order valence-corrected chi connectivity index (χ4v) is 4.35. The molecule has 7 heteroatoms. The monoisotopic (exact) mass is 370 g/mol. The molecule has 0 radical (unpaired) electrons. The molecule has 6 nitrogen and oxygen atoms in total. The molecule has 0 amide bonds. The number of fused-ring (bicyclic) bond motifs is 1. The highest BCUT2D eigenvalue weighted by Gasteiger charge is 2.17. The van der Waals surface area contributed by atoms with E-state index in [2.05, 4.69) is 15.2 Å². The Hall–Kier alpha value is -2.38. The van der Waals surface area contributed by atoms with Crippen LogP contribution in [0.25, 0.3) is 21.3 Å². The number of ether oxygens (including phenoxy) is 1. The van der Waals surface area contributed by atoms with Gasteiger partial charge in [0, 0.05) is 30.6 Å². The van der Waals surface area contributed by atoms with Gasteiger partial charge in [0.15, 0.2) is 0 Å². The summed E-state index contributed by atoms with van der Waals surface area (Å²) in [5.74, 6) is 1.52. The van der Waals surface area contributed by atoms with Crippen LogP contribution < -0.4 is 20.5 Å². The molecule has 3 heterocycles. The zero-order valence-electron chi connectivity index (χ0n) is 15.0. The molecule has 1 aliphatic rings. The van der Waals surface area contributed by atoms with Crippen molar-refractivity contribution in [3.8, 4) is 16.9 Å². The van der Waals surface area contributed by atoms with Gasteiger partial charge in [0.05, 0.1) is 12.5 Å². The molecule has 0 atom stereocenters. The van der Waals surface area contributed by atoms with Gasteiger partial charge < -0.3 is 15.0 Å². The fourth-order valence-electron chi connectivity index (χ4n) is 3.40. The third kappa shape index (κ3) is 3.08. The number of thiophene rings is 1. The molecule has 0 bridgehead atoms. The fraction of sp³-hybridized carbons (Fsp3) is 0.368. The standard InChI is InChI=1S/C19H22N4O2S/c1-12-10-13(4-5-15(12)25-2)14-11-26-18-16(14)17(24)21-19(22-18)23-8-3-6-20-7-9-23/h4-5,10-11,20H,3,6-9H2,1-2H3,(H,21,22,24). The Bertz CT molecular complexity index is 987. The van der Waals surface area contributed by atoms with Crippen molar-refractivity contribution in [2.75, 3.05) is 38.2 Å². The van der Waals surface area contributed by atoms with Gasteiger partial charge in [0.1, 0.15) is 10.6 Å². The number of anilines is 1. The van der Waals surface area contributed by atoms with E-state index in [9.17, 15) is 4.79 Å². The van der Waals surface area contributed by atoms with Gasteiger partial charge in [-0.3, -0.25) is 9.78 Å². The molecular formula is C19H22N4O2S. The lowest BCUT2D eigenvalue weighted by atomic mass is 10.0. The molecule has 4 rings (SSSR count). The first kappa shape index (κ1) is 17.1. The minimum absolute atomic E-state index is 0.0769. The third-order valence-corrected chi connectivity index (χ3v) is 5.65. The number of nitrogens with zero attached hydrogens (tertiary/aromatic N) is 2. The second-order valence-corrected chi connectivity index (χ2v) is 7.35. The van der Waals surface area contributed by atoms with Crippen molar-refractivity contribution in [2.45, 2.75) is 13.3 Å². The molecule has 1 fully saturated rings. The van der Waals surface area contributed by atoms with E-state index in [4.69, 9.17) is 9.72 Å². The normalized spacial score (nSPS) is 15.2. The summed E-state index contributed by atoms with van der Waals surface area (Å²) in [6, 6.07) is 5.98. The van der Waals surface area contributed by atoms with E-state index in [-0.39, 0.29) is 5.56 Å². The largest absolute Gasteiger partial charge is 0.496 e. The number of nitrogens with one attached hydrogen (secondary N) is 2. The van der Waals surface area contributed by atoms with Crippen LogP contribution in [-0.4, -0.2) is 43.3 Å². The van der Waals surface area contributed by atoms with Crippen LogP contribution in [0.15, 0.2) is 28.4 Å². The lowest BCUT2D eigenvalue weighted by molar-refractivity contribution is 0.412. The first-order chi connectivity index (χ1) is 12.7. The summed E-state index contributed by atoms with van der Waals surface area (Å²) < 4.78 is 5.33. The minimum Gasteiger partial charge on any atom is -0.496 e. The predicted molar refractivity (Wildman–Crippen MR) is 107 cm³/mol. The van der Waals surface area contributed by atoms with Crippen LogP contribution in [-0.2, 0) is 0 Å². The molecular weight excluding hydrogens is 348 g/mol. The molecule has 1 saturated heterocycles. The Morgan fingerprint density at radius 1 is 1.27 bits per heavy atom. The SMILES string of the molecule is COc1ccc(-c2csc3nc(N4CCCNCC4)[nH]c(=O)c23)cc1C. The predicted octanol–water partition coefficient (Wildman–Crippen LogP) is 2.77. The van der Waals surface area contributed by atoms with E-state index in [1.165, 1.54) is 11.3 Å². The maximum Gasteiger partial charge on any atom is 0.261 e. The summed E-state index contributed by atoms with van der Waals surface area (Å²) in [5, 5.41) is 6.05. The topological polar surface area (TPSA) is 70.2 Å². The minimum atomic E-state index is -0.0769. The van der Waals surface area contributed by atoms with E-state index < -0.39 is 0 Å². The number of aromatic nitrogens is 2. The zero-order chi connectivity index (χ0) is 18.1. The molecule has 0 saturated carbocycles. The van der Waals surface area contributed by atoms with E-state index in [0.717, 1.165) is 59.9 Å². The third-order valence-electron chi connectivity index (χ3n) is 4.78. The molecule has 26 heavy (non-hydrogen) atoms. The molecule has 1 aliphatic heterocycles. The van der Waals surface area contributed by atoms with Crippen molar-refractivity contribution in [2.24, 2.45) is 0 Å². The van der Waals surface area contributed by atoms with Gasteiger partial charge in [-0.05, 0) is 43.1 Å². The summed E-state index contributed by atoms with van der Waals surface area (Å²) in [6.45, 7) is 5.66.